The Bertz CT molecular complexity index is 239. The standard InChI is InChI=1S/C7H14F3N5/c1-3-4-11-6-13-12-5(7(8,9)10)14-15(6)2/h6,11,13H,3-4H2,1-2H3,(H,12,14). The van der Waals surface area contributed by atoms with Gasteiger partial charge in [0.05, 0.1) is 0 Å². The first-order chi connectivity index (χ1) is 6.95. The summed E-state index contributed by atoms with van der Waals surface area (Å²) in [5, 5.41) is 7.47. The highest BCUT2D eigenvalue weighted by Crippen LogP contribution is 2.16. The first kappa shape index (κ1) is 12.1. The third kappa shape index (κ3) is 3.24. The Kier molecular flexibility index (Phi) is 3.75. The molecule has 1 aliphatic heterocycles. The lowest BCUT2D eigenvalue weighted by Gasteiger charge is -2.34. The SMILES string of the molecule is CCCNC1NN=C(C(F)(F)F)NN1C. The number of nitrogens with zero attached hydrogens (tertiary/aromatic N) is 2. The topological polar surface area (TPSA) is 51.7 Å². The fourth-order valence-corrected chi connectivity index (χ4v) is 1.06. The molecule has 88 valence electrons. The molecule has 1 aliphatic rings. The molecule has 1 unspecified atom stereocenters. The van der Waals surface area contributed by atoms with Crippen molar-refractivity contribution in [2.75, 3.05) is 13.6 Å². The fourth-order valence-electron chi connectivity index (χ4n) is 1.06. The molecule has 0 spiro atoms. The van der Waals surface area contributed by atoms with Crippen molar-refractivity contribution >= 4 is 5.84 Å². The molecule has 0 aromatic heterocycles. The molecule has 1 heterocycles. The van der Waals surface area contributed by atoms with Crippen molar-refractivity contribution < 1.29 is 13.2 Å². The molecule has 0 bridgehead atoms. The van der Waals surface area contributed by atoms with Gasteiger partial charge in [-0.15, -0.1) is 0 Å². The molecule has 3 N–H and O–H groups in total. The molecule has 0 radical (unpaired) electrons. The minimum atomic E-state index is -4.46. The Morgan fingerprint density at radius 2 is 2.20 bits per heavy atom. The van der Waals surface area contributed by atoms with Gasteiger partial charge in [-0.1, -0.05) is 6.92 Å². The highest BCUT2D eigenvalue weighted by atomic mass is 19.4. The van der Waals surface area contributed by atoms with Crippen LogP contribution in [0.1, 0.15) is 13.3 Å². The van der Waals surface area contributed by atoms with Crippen LogP contribution < -0.4 is 16.2 Å². The molecule has 0 amide bonds. The second-order valence-electron chi connectivity index (χ2n) is 3.17. The van der Waals surface area contributed by atoms with Crippen LogP contribution >= 0.6 is 0 Å². The van der Waals surface area contributed by atoms with Crippen molar-refractivity contribution in [3.8, 4) is 0 Å². The zero-order chi connectivity index (χ0) is 11.5. The molecule has 5 nitrogen and oxygen atoms in total. The summed E-state index contributed by atoms with van der Waals surface area (Å²) >= 11 is 0. The molecule has 15 heavy (non-hydrogen) atoms. The quantitative estimate of drug-likeness (QED) is 0.641. The number of hydrazine groups is 1. The van der Waals surface area contributed by atoms with Crippen LogP contribution in [0, 0.1) is 0 Å². The van der Waals surface area contributed by atoms with E-state index in [0.717, 1.165) is 6.42 Å². The van der Waals surface area contributed by atoms with Crippen LogP contribution in [0.3, 0.4) is 0 Å². The predicted molar refractivity (Wildman–Crippen MR) is 49.6 cm³/mol. The van der Waals surface area contributed by atoms with E-state index < -0.39 is 18.3 Å². The van der Waals surface area contributed by atoms with E-state index >= 15 is 0 Å². The second kappa shape index (κ2) is 4.67. The van der Waals surface area contributed by atoms with E-state index in [-0.39, 0.29) is 0 Å². The van der Waals surface area contributed by atoms with Crippen LogP contribution in [0.5, 0.6) is 0 Å². The smallest absolute Gasteiger partial charge is 0.295 e. The summed E-state index contributed by atoms with van der Waals surface area (Å²) in [6, 6.07) is 0. The monoisotopic (exact) mass is 225 g/mol. The molecule has 0 saturated heterocycles. The molecule has 8 heteroatoms. The van der Waals surface area contributed by atoms with Crippen molar-refractivity contribution in [1.82, 2.24) is 21.2 Å². The summed E-state index contributed by atoms with van der Waals surface area (Å²) in [5.41, 5.74) is 4.53. The fraction of sp³-hybridized carbons (Fsp3) is 0.857. The van der Waals surface area contributed by atoms with E-state index in [2.05, 4.69) is 21.3 Å². The summed E-state index contributed by atoms with van der Waals surface area (Å²) < 4.78 is 36.6. The van der Waals surface area contributed by atoms with Gasteiger partial charge in [0.1, 0.15) is 0 Å². The van der Waals surface area contributed by atoms with E-state index in [4.69, 9.17) is 0 Å². The number of rotatable bonds is 3. The van der Waals surface area contributed by atoms with Gasteiger partial charge in [-0.05, 0) is 13.0 Å². The average Bonchev–Trinajstić information content (AvgIpc) is 2.14. The Morgan fingerprint density at radius 1 is 1.53 bits per heavy atom. The van der Waals surface area contributed by atoms with Gasteiger partial charge in [0.25, 0.3) is 0 Å². The number of halogens is 3. The van der Waals surface area contributed by atoms with Gasteiger partial charge in [0.15, 0.2) is 6.29 Å². The summed E-state index contributed by atoms with van der Waals surface area (Å²) in [5.74, 6) is -1.04. The van der Waals surface area contributed by atoms with Gasteiger partial charge in [-0.3, -0.25) is 16.2 Å². The van der Waals surface area contributed by atoms with Crippen molar-refractivity contribution in [3.63, 3.8) is 0 Å². The molecule has 0 aromatic carbocycles. The van der Waals surface area contributed by atoms with Crippen LogP contribution in [0.15, 0.2) is 5.10 Å². The van der Waals surface area contributed by atoms with E-state index in [9.17, 15) is 13.2 Å². The number of hydrogen-bond donors (Lipinski definition) is 3. The van der Waals surface area contributed by atoms with Gasteiger partial charge in [0.2, 0.25) is 5.84 Å². The van der Waals surface area contributed by atoms with Gasteiger partial charge in [-0.2, -0.15) is 23.3 Å². The maximum atomic E-state index is 12.2. The molecule has 0 aromatic rings. The van der Waals surface area contributed by atoms with Crippen LogP contribution in [0.2, 0.25) is 0 Å². The first-order valence-electron chi connectivity index (χ1n) is 4.58. The molecule has 1 rings (SSSR count). The number of hydrogen-bond acceptors (Lipinski definition) is 5. The predicted octanol–water partition coefficient (Wildman–Crippen LogP) is 0.185. The Labute approximate surface area is 85.7 Å². The highest BCUT2D eigenvalue weighted by Gasteiger charge is 2.39. The minimum absolute atomic E-state index is 0.434. The highest BCUT2D eigenvalue weighted by molar-refractivity contribution is 5.87. The minimum Gasteiger partial charge on any atom is -0.295 e. The molecular formula is C7H14F3N5. The lowest BCUT2D eigenvalue weighted by atomic mass is 10.5. The Morgan fingerprint density at radius 3 is 2.67 bits per heavy atom. The van der Waals surface area contributed by atoms with E-state index in [1.54, 1.807) is 0 Å². The van der Waals surface area contributed by atoms with Crippen LogP contribution in [-0.4, -0.2) is 36.9 Å². The summed E-state index contributed by atoms with van der Waals surface area (Å²) in [7, 11) is 1.50. The van der Waals surface area contributed by atoms with Crippen molar-refractivity contribution in [1.29, 1.82) is 0 Å². The Balaban J connectivity index is 2.55. The number of alkyl halides is 3. The van der Waals surface area contributed by atoms with Crippen LogP contribution in [-0.2, 0) is 0 Å². The molecule has 1 atom stereocenters. The number of amidine groups is 1. The zero-order valence-corrected chi connectivity index (χ0v) is 8.52. The normalized spacial score (nSPS) is 23.0. The van der Waals surface area contributed by atoms with Crippen molar-refractivity contribution in [2.45, 2.75) is 25.8 Å². The number of nitrogens with one attached hydrogen (secondary N) is 3. The maximum absolute atomic E-state index is 12.2. The summed E-state index contributed by atoms with van der Waals surface area (Å²) in [6.45, 7) is 2.66. The zero-order valence-electron chi connectivity index (χ0n) is 8.52. The molecular weight excluding hydrogens is 211 g/mol. The largest absolute Gasteiger partial charge is 0.452 e. The molecule has 0 saturated carbocycles. The van der Waals surface area contributed by atoms with Gasteiger partial charge in [-0.25, -0.2) is 0 Å². The molecule has 0 aliphatic carbocycles. The first-order valence-corrected chi connectivity index (χ1v) is 4.58. The molecule has 0 fully saturated rings. The van der Waals surface area contributed by atoms with Gasteiger partial charge >= 0.3 is 6.18 Å². The van der Waals surface area contributed by atoms with Crippen molar-refractivity contribution in [2.24, 2.45) is 5.10 Å². The third-order valence-corrected chi connectivity index (χ3v) is 1.82. The summed E-state index contributed by atoms with van der Waals surface area (Å²) in [6.07, 6.45) is -4.00. The lowest BCUT2D eigenvalue weighted by molar-refractivity contribution is -0.0705. The maximum Gasteiger partial charge on any atom is 0.452 e. The van der Waals surface area contributed by atoms with E-state index in [1.807, 2.05) is 6.92 Å². The third-order valence-electron chi connectivity index (χ3n) is 1.82. The number of hydrazone groups is 1. The van der Waals surface area contributed by atoms with E-state index in [1.165, 1.54) is 12.1 Å². The van der Waals surface area contributed by atoms with Crippen molar-refractivity contribution in [3.05, 3.63) is 0 Å². The van der Waals surface area contributed by atoms with Crippen LogP contribution in [0.25, 0.3) is 0 Å². The van der Waals surface area contributed by atoms with Gasteiger partial charge in [0, 0.05) is 7.05 Å². The Hall–Kier alpha value is -1.02. The summed E-state index contributed by atoms with van der Waals surface area (Å²) in [4.78, 5) is 0. The average molecular weight is 225 g/mol. The van der Waals surface area contributed by atoms with Crippen LogP contribution in [0.4, 0.5) is 13.2 Å². The van der Waals surface area contributed by atoms with E-state index in [0.29, 0.717) is 6.54 Å². The lowest BCUT2D eigenvalue weighted by Crippen LogP contribution is -2.64. The van der Waals surface area contributed by atoms with Gasteiger partial charge < -0.3 is 0 Å². The second-order valence-corrected chi connectivity index (χ2v) is 3.17.